The van der Waals surface area contributed by atoms with Gasteiger partial charge in [-0.15, -0.1) is 18.5 Å². The molecule has 0 aromatic heterocycles. The standard InChI is InChI=1S/C18H22P2/c1-13-6-7-17(12-20)10-18(13)14(2)8-15-4-3-5-16(9-15)11-19/h3-7,9-10H,2,8,11-12,19-20H2,1H3. The maximum atomic E-state index is 4.30. The third-order valence-electron chi connectivity index (χ3n) is 3.56. The quantitative estimate of drug-likeness (QED) is 0.682. The van der Waals surface area contributed by atoms with Gasteiger partial charge in [-0.3, -0.25) is 0 Å². The van der Waals surface area contributed by atoms with Gasteiger partial charge in [0.2, 0.25) is 0 Å². The molecular formula is C18H22P2. The molecule has 0 spiro atoms. The van der Waals surface area contributed by atoms with E-state index in [1.807, 2.05) is 0 Å². The largest absolute Gasteiger partial charge is 0.133 e. The number of hydrogen-bond donors (Lipinski definition) is 0. The van der Waals surface area contributed by atoms with Crippen LogP contribution < -0.4 is 0 Å². The van der Waals surface area contributed by atoms with Gasteiger partial charge in [-0.05, 0) is 59.1 Å². The molecule has 0 nitrogen and oxygen atoms in total. The van der Waals surface area contributed by atoms with E-state index in [1.54, 1.807) is 0 Å². The predicted molar refractivity (Wildman–Crippen MR) is 97.2 cm³/mol. The van der Waals surface area contributed by atoms with Crippen molar-refractivity contribution < 1.29 is 0 Å². The van der Waals surface area contributed by atoms with Crippen molar-refractivity contribution in [3.05, 3.63) is 76.9 Å². The van der Waals surface area contributed by atoms with E-state index in [4.69, 9.17) is 0 Å². The van der Waals surface area contributed by atoms with Crippen molar-refractivity contribution >= 4 is 24.1 Å². The molecule has 2 unspecified atom stereocenters. The summed E-state index contributed by atoms with van der Waals surface area (Å²) in [5.74, 6) is 0. The molecule has 0 aliphatic carbocycles. The zero-order chi connectivity index (χ0) is 14.5. The highest BCUT2D eigenvalue weighted by atomic mass is 31.0. The van der Waals surface area contributed by atoms with Crippen LogP contribution in [0.15, 0.2) is 49.0 Å². The molecule has 0 radical (unpaired) electrons. The molecule has 0 aliphatic rings. The lowest BCUT2D eigenvalue weighted by molar-refractivity contribution is 1.23. The van der Waals surface area contributed by atoms with Gasteiger partial charge in [-0.25, -0.2) is 0 Å². The SMILES string of the molecule is C=C(Cc1cccc(CP)c1)c1cc(CP)ccc1C. The Hall–Kier alpha value is -0.960. The first-order chi connectivity index (χ1) is 9.63. The molecular weight excluding hydrogens is 278 g/mol. The molecule has 0 fully saturated rings. The van der Waals surface area contributed by atoms with Gasteiger partial charge in [-0.1, -0.05) is 49.0 Å². The summed E-state index contributed by atoms with van der Waals surface area (Å²) < 4.78 is 0. The second-order valence-corrected chi connectivity index (χ2v) is 5.97. The van der Waals surface area contributed by atoms with Crippen molar-refractivity contribution in [3.63, 3.8) is 0 Å². The van der Waals surface area contributed by atoms with Crippen LogP contribution in [-0.4, -0.2) is 0 Å². The van der Waals surface area contributed by atoms with Crippen LogP contribution in [0.3, 0.4) is 0 Å². The lowest BCUT2D eigenvalue weighted by Gasteiger charge is -2.12. The Labute approximate surface area is 127 Å². The molecule has 2 atom stereocenters. The zero-order valence-corrected chi connectivity index (χ0v) is 14.3. The van der Waals surface area contributed by atoms with Crippen molar-refractivity contribution in [1.29, 1.82) is 0 Å². The Morgan fingerprint density at radius 1 is 0.950 bits per heavy atom. The first-order valence-corrected chi connectivity index (χ1v) is 8.53. The lowest BCUT2D eigenvalue weighted by Crippen LogP contribution is -1.95. The van der Waals surface area contributed by atoms with Crippen molar-refractivity contribution in [2.75, 3.05) is 0 Å². The van der Waals surface area contributed by atoms with E-state index < -0.39 is 0 Å². The number of hydrogen-bond acceptors (Lipinski definition) is 0. The van der Waals surface area contributed by atoms with Crippen molar-refractivity contribution in [3.8, 4) is 0 Å². The molecule has 2 heteroatoms. The van der Waals surface area contributed by atoms with Crippen LogP contribution in [0.5, 0.6) is 0 Å². The Kier molecular flexibility index (Phi) is 5.53. The van der Waals surface area contributed by atoms with E-state index in [2.05, 4.69) is 74.4 Å². The molecule has 0 amide bonds. The third-order valence-corrected chi connectivity index (χ3v) is 4.51. The van der Waals surface area contributed by atoms with Gasteiger partial charge in [0.05, 0.1) is 0 Å². The molecule has 0 N–H and O–H groups in total. The van der Waals surface area contributed by atoms with E-state index in [9.17, 15) is 0 Å². The second kappa shape index (κ2) is 7.16. The highest BCUT2D eigenvalue weighted by Crippen LogP contribution is 2.24. The number of rotatable bonds is 5. The Morgan fingerprint density at radius 2 is 1.60 bits per heavy atom. The number of benzene rings is 2. The molecule has 2 aromatic carbocycles. The van der Waals surface area contributed by atoms with Crippen LogP contribution >= 0.6 is 18.5 Å². The Morgan fingerprint density at radius 3 is 2.30 bits per heavy atom. The van der Waals surface area contributed by atoms with Crippen molar-refractivity contribution in [2.24, 2.45) is 0 Å². The fourth-order valence-corrected chi connectivity index (χ4v) is 2.89. The van der Waals surface area contributed by atoms with E-state index in [-0.39, 0.29) is 0 Å². The van der Waals surface area contributed by atoms with E-state index in [0.29, 0.717) is 0 Å². The van der Waals surface area contributed by atoms with Gasteiger partial charge in [0.15, 0.2) is 0 Å². The molecule has 104 valence electrons. The second-order valence-electron chi connectivity index (χ2n) is 5.16. The average molecular weight is 300 g/mol. The van der Waals surface area contributed by atoms with Crippen LogP contribution in [0.2, 0.25) is 0 Å². The fourth-order valence-electron chi connectivity index (χ4n) is 2.39. The molecule has 2 rings (SSSR count). The molecule has 20 heavy (non-hydrogen) atoms. The predicted octanol–water partition coefficient (Wildman–Crippen LogP) is 5.00. The van der Waals surface area contributed by atoms with Crippen LogP contribution in [0.4, 0.5) is 0 Å². The van der Waals surface area contributed by atoms with Crippen LogP contribution in [0, 0.1) is 6.92 Å². The van der Waals surface area contributed by atoms with Crippen molar-refractivity contribution in [2.45, 2.75) is 25.7 Å². The summed E-state index contributed by atoms with van der Waals surface area (Å²) in [7, 11) is 5.56. The van der Waals surface area contributed by atoms with Crippen LogP contribution in [-0.2, 0) is 18.7 Å². The van der Waals surface area contributed by atoms with E-state index in [1.165, 1.54) is 33.4 Å². The van der Waals surface area contributed by atoms with E-state index >= 15 is 0 Å². The summed E-state index contributed by atoms with van der Waals surface area (Å²) in [6.45, 7) is 6.46. The summed E-state index contributed by atoms with van der Waals surface area (Å²) in [5.41, 5.74) is 7.83. The van der Waals surface area contributed by atoms with Crippen LogP contribution in [0.1, 0.15) is 27.8 Å². The summed E-state index contributed by atoms with van der Waals surface area (Å²) in [4.78, 5) is 0. The Bertz CT molecular complexity index is 615. The lowest BCUT2D eigenvalue weighted by atomic mass is 9.94. The maximum Gasteiger partial charge on any atom is -0.00255 e. The number of allylic oxidation sites excluding steroid dienone is 1. The molecule has 0 aliphatic heterocycles. The summed E-state index contributed by atoms with van der Waals surface area (Å²) in [5, 5.41) is 0. The minimum atomic E-state index is 0.916. The molecule has 0 saturated carbocycles. The minimum Gasteiger partial charge on any atom is -0.133 e. The zero-order valence-electron chi connectivity index (χ0n) is 12.0. The van der Waals surface area contributed by atoms with Crippen molar-refractivity contribution in [1.82, 2.24) is 0 Å². The van der Waals surface area contributed by atoms with Crippen LogP contribution in [0.25, 0.3) is 5.57 Å². The Balaban J connectivity index is 2.23. The molecule has 0 bridgehead atoms. The summed E-state index contributed by atoms with van der Waals surface area (Å²) >= 11 is 0. The smallest absolute Gasteiger partial charge is 0.00255 e. The van der Waals surface area contributed by atoms with Gasteiger partial charge < -0.3 is 0 Å². The average Bonchev–Trinajstić information content (AvgIpc) is 2.47. The monoisotopic (exact) mass is 300 g/mol. The normalized spacial score (nSPS) is 10.6. The van der Waals surface area contributed by atoms with Gasteiger partial charge in [0, 0.05) is 0 Å². The molecule has 2 aromatic rings. The highest BCUT2D eigenvalue weighted by molar-refractivity contribution is 7.15. The maximum absolute atomic E-state index is 4.30. The van der Waals surface area contributed by atoms with Gasteiger partial charge in [-0.2, -0.15) is 0 Å². The van der Waals surface area contributed by atoms with E-state index in [0.717, 1.165) is 18.7 Å². The highest BCUT2D eigenvalue weighted by Gasteiger charge is 2.06. The fraction of sp³-hybridized carbons (Fsp3) is 0.222. The minimum absolute atomic E-state index is 0.916. The first kappa shape index (κ1) is 15.4. The summed E-state index contributed by atoms with van der Waals surface area (Å²) in [6, 6.07) is 15.4. The third kappa shape index (κ3) is 3.78. The van der Waals surface area contributed by atoms with Gasteiger partial charge >= 0.3 is 0 Å². The number of aryl methyl sites for hydroxylation is 1. The summed E-state index contributed by atoms with van der Waals surface area (Å²) in [6.07, 6.45) is 2.91. The molecule has 0 saturated heterocycles. The van der Waals surface area contributed by atoms with Gasteiger partial charge in [0.25, 0.3) is 0 Å². The topological polar surface area (TPSA) is 0 Å². The first-order valence-electron chi connectivity index (χ1n) is 6.89. The molecule has 0 heterocycles. The van der Waals surface area contributed by atoms with Gasteiger partial charge in [0.1, 0.15) is 0 Å².